The summed E-state index contributed by atoms with van der Waals surface area (Å²) < 4.78 is 43.3. The van der Waals surface area contributed by atoms with Crippen molar-refractivity contribution in [1.29, 1.82) is 5.26 Å². The third-order valence-electron chi connectivity index (χ3n) is 6.23. The second kappa shape index (κ2) is 10.6. The van der Waals surface area contributed by atoms with E-state index in [0.29, 0.717) is 17.6 Å². The van der Waals surface area contributed by atoms with Gasteiger partial charge in [-0.2, -0.15) is 18.4 Å². The summed E-state index contributed by atoms with van der Waals surface area (Å²) in [7, 11) is 0. The van der Waals surface area contributed by atoms with Crippen LogP contribution in [0.2, 0.25) is 0 Å². The van der Waals surface area contributed by atoms with E-state index in [0.717, 1.165) is 18.2 Å². The summed E-state index contributed by atoms with van der Waals surface area (Å²) >= 11 is 0. The maximum Gasteiger partial charge on any atom is 0.418 e. The molecule has 0 aromatic heterocycles. The molecule has 0 spiro atoms. The van der Waals surface area contributed by atoms with Crippen molar-refractivity contribution < 1.29 is 33.3 Å². The Bertz CT molecular complexity index is 1120. The van der Waals surface area contributed by atoms with Crippen molar-refractivity contribution in [2.24, 2.45) is 0 Å². The van der Waals surface area contributed by atoms with E-state index < -0.39 is 54.8 Å². The van der Waals surface area contributed by atoms with Gasteiger partial charge in [0.1, 0.15) is 17.7 Å². The van der Waals surface area contributed by atoms with Gasteiger partial charge in [-0.1, -0.05) is 36.4 Å². The lowest BCUT2D eigenvalue weighted by Gasteiger charge is -2.29. The molecule has 182 valence electrons. The van der Waals surface area contributed by atoms with Gasteiger partial charge in [0.15, 0.2) is 5.78 Å². The summed E-state index contributed by atoms with van der Waals surface area (Å²) in [5.74, 6) is -1.09. The summed E-state index contributed by atoms with van der Waals surface area (Å²) in [6.07, 6.45) is -7.41. The van der Waals surface area contributed by atoms with E-state index in [4.69, 9.17) is 5.11 Å². The minimum absolute atomic E-state index is 0.0182. The molecule has 3 N–H and O–H groups in total. The number of carbonyl (C=O) groups is 1. The quantitative estimate of drug-likeness (QED) is 0.396. The number of halogens is 3. The number of anilines is 1. The van der Waals surface area contributed by atoms with Crippen LogP contribution in [0.1, 0.15) is 38.2 Å². The first-order chi connectivity index (χ1) is 16.1. The molecule has 1 aliphatic rings. The highest BCUT2D eigenvalue weighted by molar-refractivity contribution is 6.10. The van der Waals surface area contributed by atoms with Crippen LogP contribution in [0.25, 0.3) is 16.3 Å². The van der Waals surface area contributed by atoms with Gasteiger partial charge in [-0.25, -0.2) is 0 Å². The Labute approximate surface area is 195 Å². The smallest absolute Gasteiger partial charge is 0.394 e. The number of nitrogens with zero attached hydrogens (tertiary/aromatic N) is 2. The molecule has 1 saturated heterocycles. The van der Waals surface area contributed by atoms with Crippen LogP contribution >= 0.6 is 0 Å². The standard InChI is InChI=1S/C25H27F3N2O4/c1-15-5-4-12-30(15)24-17-7-3-2-6-16(17)8-9-18(24)23(25(26,27)28)19(13-29)20(32)10-11-21(33)22(34)14-31/h2-3,6-9,15,21-22,31,33-34H,4-5,10-12,14H2,1H3/b23-19-. The number of rotatable bonds is 8. The lowest BCUT2D eigenvalue weighted by atomic mass is 9.91. The molecule has 3 atom stereocenters. The zero-order valence-electron chi connectivity index (χ0n) is 18.7. The number of aliphatic hydroxyl groups excluding tert-OH is 3. The Morgan fingerprint density at radius 3 is 2.50 bits per heavy atom. The molecule has 0 aliphatic carbocycles. The fourth-order valence-corrected chi connectivity index (χ4v) is 4.44. The van der Waals surface area contributed by atoms with E-state index >= 15 is 0 Å². The van der Waals surface area contributed by atoms with E-state index in [-0.39, 0.29) is 11.6 Å². The molecule has 34 heavy (non-hydrogen) atoms. The van der Waals surface area contributed by atoms with Gasteiger partial charge in [-0.15, -0.1) is 0 Å². The van der Waals surface area contributed by atoms with Gasteiger partial charge in [-0.3, -0.25) is 4.79 Å². The van der Waals surface area contributed by atoms with E-state index in [1.54, 1.807) is 30.3 Å². The predicted octanol–water partition coefficient (Wildman–Crippen LogP) is 3.73. The number of fused-ring (bicyclic) bond motifs is 1. The monoisotopic (exact) mass is 476 g/mol. The van der Waals surface area contributed by atoms with Gasteiger partial charge in [0.2, 0.25) is 0 Å². The maximum atomic E-state index is 14.4. The average Bonchev–Trinajstić information content (AvgIpc) is 3.23. The number of aliphatic hydroxyl groups is 3. The number of benzene rings is 2. The molecule has 9 heteroatoms. The number of allylic oxidation sites excluding steroid dienone is 2. The van der Waals surface area contributed by atoms with Gasteiger partial charge in [0, 0.05) is 30.0 Å². The van der Waals surface area contributed by atoms with E-state index in [1.165, 1.54) is 12.1 Å². The van der Waals surface area contributed by atoms with Crippen molar-refractivity contribution in [3.05, 3.63) is 47.5 Å². The normalized spacial score (nSPS) is 19.0. The number of hydrogen-bond acceptors (Lipinski definition) is 6. The summed E-state index contributed by atoms with van der Waals surface area (Å²) in [5, 5.41) is 39.1. The Balaban J connectivity index is 2.19. The van der Waals surface area contributed by atoms with Crippen molar-refractivity contribution in [1.82, 2.24) is 0 Å². The van der Waals surface area contributed by atoms with Crippen LogP contribution in [0.15, 0.2) is 42.0 Å². The number of ketones is 1. The van der Waals surface area contributed by atoms with Crippen molar-refractivity contribution in [3.63, 3.8) is 0 Å². The Hall–Kier alpha value is -2.93. The predicted molar refractivity (Wildman–Crippen MR) is 122 cm³/mol. The van der Waals surface area contributed by atoms with E-state index in [1.807, 2.05) is 11.8 Å². The first kappa shape index (κ1) is 25.7. The van der Waals surface area contributed by atoms with Crippen molar-refractivity contribution in [2.75, 3.05) is 18.1 Å². The summed E-state index contributed by atoms with van der Waals surface area (Å²) in [5.41, 5.74) is -2.24. The van der Waals surface area contributed by atoms with Crippen LogP contribution in [-0.2, 0) is 4.79 Å². The number of carbonyl (C=O) groups excluding carboxylic acids is 1. The maximum absolute atomic E-state index is 14.4. The second-order valence-corrected chi connectivity index (χ2v) is 8.51. The first-order valence-electron chi connectivity index (χ1n) is 11.1. The second-order valence-electron chi connectivity index (χ2n) is 8.51. The highest BCUT2D eigenvalue weighted by Crippen LogP contribution is 2.45. The largest absolute Gasteiger partial charge is 0.418 e. The van der Waals surface area contributed by atoms with E-state index in [2.05, 4.69) is 0 Å². The SMILES string of the molecule is CC1CCCN1c1c(/C(=C(\C#N)C(=O)CCC(O)C(O)CO)C(F)(F)F)ccc2ccccc12. The number of hydrogen-bond donors (Lipinski definition) is 3. The van der Waals surface area contributed by atoms with Crippen LogP contribution in [0.5, 0.6) is 0 Å². The molecule has 6 nitrogen and oxygen atoms in total. The molecule has 0 radical (unpaired) electrons. The van der Waals surface area contributed by atoms with Gasteiger partial charge in [0.05, 0.1) is 24.0 Å². The molecule has 1 heterocycles. The Morgan fingerprint density at radius 1 is 1.21 bits per heavy atom. The van der Waals surface area contributed by atoms with Crippen LogP contribution in [0.4, 0.5) is 18.9 Å². The van der Waals surface area contributed by atoms with Gasteiger partial charge >= 0.3 is 6.18 Å². The third kappa shape index (κ3) is 5.25. The number of alkyl halides is 3. The molecule has 3 rings (SSSR count). The number of nitriles is 1. The van der Waals surface area contributed by atoms with Crippen LogP contribution < -0.4 is 4.90 Å². The molecule has 3 unspecified atom stereocenters. The zero-order chi connectivity index (χ0) is 25.0. The highest BCUT2D eigenvalue weighted by Gasteiger charge is 2.42. The molecule has 0 bridgehead atoms. The third-order valence-corrected chi connectivity index (χ3v) is 6.23. The molecule has 1 aliphatic heterocycles. The van der Waals surface area contributed by atoms with Crippen molar-refractivity contribution in [3.8, 4) is 6.07 Å². The molecule has 2 aromatic carbocycles. The fraction of sp³-hybridized carbons (Fsp3) is 0.440. The lowest BCUT2D eigenvalue weighted by molar-refractivity contribution is -0.116. The van der Waals surface area contributed by atoms with Crippen LogP contribution in [-0.4, -0.2) is 58.7 Å². The molecular formula is C25H27F3N2O4. The Kier molecular flexibility index (Phi) is 7.97. The first-order valence-corrected chi connectivity index (χ1v) is 11.1. The topological polar surface area (TPSA) is 105 Å². The van der Waals surface area contributed by atoms with Gasteiger partial charge in [-0.05, 0) is 31.6 Å². The summed E-state index contributed by atoms with van der Waals surface area (Å²) in [6, 6.07) is 11.3. The zero-order valence-corrected chi connectivity index (χ0v) is 18.7. The highest BCUT2D eigenvalue weighted by atomic mass is 19.4. The Morgan fingerprint density at radius 2 is 1.91 bits per heavy atom. The van der Waals surface area contributed by atoms with Gasteiger partial charge in [0.25, 0.3) is 0 Å². The minimum Gasteiger partial charge on any atom is -0.394 e. The average molecular weight is 476 g/mol. The lowest BCUT2D eigenvalue weighted by Crippen LogP contribution is -2.30. The fourth-order valence-electron chi connectivity index (χ4n) is 4.44. The van der Waals surface area contributed by atoms with E-state index in [9.17, 15) is 33.4 Å². The summed E-state index contributed by atoms with van der Waals surface area (Å²) in [6.45, 7) is 1.71. The van der Waals surface area contributed by atoms with Gasteiger partial charge < -0.3 is 20.2 Å². The molecule has 2 aromatic rings. The molecular weight excluding hydrogens is 449 g/mol. The van der Waals surface area contributed by atoms with Crippen LogP contribution in [0.3, 0.4) is 0 Å². The van der Waals surface area contributed by atoms with Crippen molar-refractivity contribution >= 4 is 27.8 Å². The van der Waals surface area contributed by atoms with Crippen molar-refractivity contribution in [2.45, 2.75) is 57.0 Å². The van der Waals surface area contributed by atoms with Crippen LogP contribution in [0, 0.1) is 11.3 Å². The number of Topliss-reactive ketones (excluding diaryl/α,β-unsaturated/α-hetero) is 1. The minimum atomic E-state index is -5.00. The molecule has 0 amide bonds. The molecule has 0 saturated carbocycles. The molecule has 1 fully saturated rings. The summed E-state index contributed by atoms with van der Waals surface area (Å²) in [4.78, 5) is 14.7.